The van der Waals surface area contributed by atoms with Crippen molar-refractivity contribution in [3.8, 4) is 0 Å². The first-order valence-corrected chi connectivity index (χ1v) is 9.60. The summed E-state index contributed by atoms with van der Waals surface area (Å²) in [5, 5.41) is 0. The molecule has 1 fully saturated rings. The van der Waals surface area contributed by atoms with Gasteiger partial charge < -0.3 is 14.5 Å². The number of amides is 2. The van der Waals surface area contributed by atoms with Crippen LogP contribution in [0.2, 0.25) is 0 Å². The molecule has 0 radical (unpaired) electrons. The third-order valence-electron chi connectivity index (χ3n) is 4.53. The summed E-state index contributed by atoms with van der Waals surface area (Å²) >= 11 is 0. The maximum Gasteiger partial charge on any atom is 0.409 e. The molecule has 0 bridgehead atoms. The number of carbonyl (C=O) groups excluding carboxylic acids is 2. The van der Waals surface area contributed by atoms with Crippen LogP contribution in [0.3, 0.4) is 0 Å². The lowest BCUT2D eigenvalue weighted by molar-refractivity contribution is -0.117. The summed E-state index contributed by atoms with van der Waals surface area (Å²) in [6.07, 6.45) is -0.204. The van der Waals surface area contributed by atoms with Gasteiger partial charge in [-0.25, -0.2) is 13.2 Å². The van der Waals surface area contributed by atoms with Crippen molar-refractivity contribution < 1.29 is 22.7 Å². The van der Waals surface area contributed by atoms with Gasteiger partial charge in [-0.05, 0) is 30.7 Å². The van der Waals surface area contributed by atoms with E-state index >= 15 is 0 Å². The summed E-state index contributed by atoms with van der Waals surface area (Å²) in [5.41, 5.74) is 1.47. The molecule has 1 aromatic carbocycles. The van der Waals surface area contributed by atoms with Crippen LogP contribution in [0.4, 0.5) is 10.5 Å². The van der Waals surface area contributed by atoms with Gasteiger partial charge in [0, 0.05) is 38.9 Å². The van der Waals surface area contributed by atoms with Crippen molar-refractivity contribution in [2.75, 3.05) is 44.7 Å². The van der Waals surface area contributed by atoms with Gasteiger partial charge in [-0.3, -0.25) is 4.79 Å². The number of likely N-dealkylation sites (N-methyl/N-ethyl adjacent to an activating group) is 1. The van der Waals surface area contributed by atoms with Crippen molar-refractivity contribution in [3.63, 3.8) is 0 Å². The lowest BCUT2D eigenvalue weighted by atomic mass is 10.2. The molecule has 0 saturated carbocycles. The van der Waals surface area contributed by atoms with E-state index in [1.165, 1.54) is 20.2 Å². The van der Waals surface area contributed by atoms with Gasteiger partial charge in [-0.1, -0.05) is 0 Å². The molecule has 136 valence electrons. The Morgan fingerprint density at radius 1 is 1.20 bits per heavy atom. The van der Waals surface area contributed by atoms with E-state index in [1.54, 1.807) is 26.1 Å². The predicted molar refractivity (Wildman–Crippen MR) is 90.9 cm³/mol. The second-order valence-electron chi connectivity index (χ2n) is 6.01. The number of nitrogens with zero attached hydrogens (tertiary/aromatic N) is 3. The number of benzene rings is 1. The number of piperazine rings is 1. The van der Waals surface area contributed by atoms with E-state index in [0.717, 1.165) is 11.3 Å². The number of fused-ring (bicyclic) bond motifs is 1. The van der Waals surface area contributed by atoms with E-state index in [2.05, 4.69) is 0 Å². The quantitative estimate of drug-likeness (QED) is 0.784. The molecule has 1 aromatic rings. The zero-order chi connectivity index (χ0) is 18.2. The molecule has 2 aliphatic heterocycles. The minimum atomic E-state index is -3.66. The Morgan fingerprint density at radius 3 is 2.52 bits per heavy atom. The van der Waals surface area contributed by atoms with Crippen LogP contribution in [0.15, 0.2) is 23.1 Å². The fourth-order valence-electron chi connectivity index (χ4n) is 3.08. The molecule has 2 amide bonds. The molecular weight excluding hydrogens is 346 g/mol. The third kappa shape index (κ3) is 3.21. The van der Waals surface area contributed by atoms with E-state index in [1.807, 2.05) is 0 Å². The van der Waals surface area contributed by atoms with Crippen LogP contribution in [-0.2, 0) is 26.0 Å². The van der Waals surface area contributed by atoms with E-state index in [9.17, 15) is 18.0 Å². The van der Waals surface area contributed by atoms with E-state index < -0.39 is 16.1 Å². The molecule has 2 heterocycles. The van der Waals surface area contributed by atoms with Crippen LogP contribution in [0.25, 0.3) is 0 Å². The normalized spacial score (nSPS) is 18.4. The van der Waals surface area contributed by atoms with Crippen LogP contribution in [0.1, 0.15) is 12.5 Å². The third-order valence-corrected chi connectivity index (χ3v) is 6.43. The number of rotatable bonds is 3. The van der Waals surface area contributed by atoms with Crippen LogP contribution in [-0.4, -0.2) is 69.5 Å². The smallest absolute Gasteiger partial charge is 0.409 e. The number of hydrogen-bond donors (Lipinski definition) is 0. The van der Waals surface area contributed by atoms with Crippen molar-refractivity contribution in [3.05, 3.63) is 23.8 Å². The van der Waals surface area contributed by atoms with Gasteiger partial charge in [0.15, 0.2) is 0 Å². The number of anilines is 1. The van der Waals surface area contributed by atoms with Gasteiger partial charge in [0.25, 0.3) is 0 Å². The first-order chi connectivity index (χ1) is 11.8. The highest BCUT2D eigenvalue weighted by Crippen LogP contribution is 2.30. The first-order valence-electron chi connectivity index (χ1n) is 8.16. The van der Waals surface area contributed by atoms with Gasteiger partial charge in [-0.15, -0.1) is 0 Å². The van der Waals surface area contributed by atoms with Crippen molar-refractivity contribution in [2.45, 2.75) is 18.2 Å². The predicted octanol–water partition coefficient (Wildman–Crippen LogP) is 0.668. The lowest BCUT2D eigenvalue weighted by Crippen LogP contribution is -2.50. The SMILES string of the molecule is CCOC(=O)N1CCN(S(=O)(=O)c2ccc3c(c2)CC(=O)N3C)CC1. The van der Waals surface area contributed by atoms with Crippen molar-refractivity contribution in [1.29, 1.82) is 0 Å². The molecule has 3 rings (SSSR count). The number of ether oxygens (including phenoxy) is 1. The standard InChI is InChI=1S/C16H21N3O5S/c1-3-24-16(21)18-6-8-19(9-7-18)25(22,23)13-4-5-14-12(10-13)11-15(20)17(14)2/h4-5,10H,3,6-9,11H2,1-2H3. The highest BCUT2D eigenvalue weighted by atomic mass is 32.2. The van der Waals surface area contributed by atoms with E-state index in [0.29, 0.717) is 19.7 Å². The van der Waals surface area contributed by atoms with Crippen molar-refractivity contribution in [2.24, 2.45) is 0 Å². The van der Waals surface area contributed by atoms with Crippen LogP contribution in [0, 0.1) is 0 Å². The lowest BCUT2D eigenvalue weighted by Gasteiger charge is -2.33. The van der Waals surface area contributed by atoms with Crippen molar-refractivity contribution in [1.82, 2.24) is 9.21 Å². The summed E-state index contributed by atoms with van der Waals surface area (Å²) in [6.45, 7) is 3.05. The highest BCUT2D eigenvalue weighted by Gasteiger charge is 2.32. The Morgan fingerprint density at radius 2 is 1.88 bits per heavy atom. The molecule has 0 N–H and O–H groups in total. The number of hydrogen-bond acceptors (Lipinski definition) is 5. The summed E-state index contributed by atoms with van der Waals surface area (Å²) in [7, 11) is -1.98. The average molecular weight is 367 g/mol. The first kappa shape index (κ1) is 17.7. The number of sulfonamides is 1. The number of carbonyl (C=O) groups is 2. The summed E-state index contributed by atoms with van der Waals surface area (Å²) in [4.78, 5) is 26.7. The summed E-state index contributed by atoms with van der Waals surface area (Å²) in [5.74, 6) is -0.0485. The van der Waals surface area contributed by atoms with Crippen molar-refractivity contribution >= 4 is 27.7 Å². The minimum Gasteiger partial charge on any atom is -0.450 e. The zero-order valence-corrected chi connectivity index (χ0v) is 15.1. The Kier molecular flexibility index (Phi) is 4.70. The minimum absolute atomic E-state index is 0.0485. The largest absolute Gasteiger partial charge is 0.450 e. The topological polar surface area (TPSA) is 87.2 Å². The molecule has 0 atom stereocenters. The summed E-state index contributed by atoms with van der Waals surface area (Å²) in [6, 6.07) is 4.77. The average Bonchev–Trinajstić information content (AvgIpc) is 2.89. The van der Waals surface area contributed by atoms with Gasteiger partial charge in [-0.2, -0.15) is 4.31 Å². The van der Waals surface area contributed by atoms with Gasteiger partial charge in [0.1, 0.15) is 0 Å². The molecule has 0 aliphatic carbocycles. The monoisotopic (exact) mass is 367 g/mol. The second-order valence-corrected chi connectivity index (χ2v) is 7.95. The van der Waals surface area contributed by atoms with Crippen LogP contribution in [0.5, 0.6) is 0 Å². The van der Waals surface area contributed by atoms with Gasteiger partial charge in [0.05, 0.1) is 17.9 Å². The molecule has 25 heavy (non-hydrogen) atoms. The van der Waals surface area contributed by atoms with Crippen LogP contribution >= 0.6 is 0 Å². The maximum atomic E-state index is 12.8. The Bertz CT molecular complexity index is 800. The molecular formula is C16H21N3O5S. The summed E-state index contributed by atoms with van der Waals surface area (Å²) < 4.78 is 32.0. The van der Waals surface area contributed by atoms with Gasteiger partial charge >= 0.3 is 6.09 Å². The molecule has 8 nitrogen and oxygen atoms in total. The highest BCUT2D eigenvalue weighted by molar-refractivity contribution is 7.89. The molecule has 1 saturated heterocycles. The zero-order valence-electron chi connectivity index (χ0n) is 14.3. The van der Waals surface area contributed by atoms with E-state index in [4.69, 9.17) is 4.74 Å². The second kappa shape index (κ2) is 6.64. The molecule has 0 unspecified atom stereocenters. The maximum absolute atomic E-state index is 12.8. The fourth-order valence-corrected chi connectivity index (χ4v) is 4.56. The Hall–Kier alpha value is -2.13. The molecule has 0 spiro atoms. The molecule has 0 aromatic heterocycles. The van der Waals surface area contributed by atoms with Crippen LogP contribution < -0.4 is 4.90 Å². The Balaban J connectivity index is 1.74. The molecule has 9 heteroatoms. The van der Waals surface area contributed by atoms with Gasteiger partial charge in [0.2, 0.25) is 15.9 Å². The Labute approximate surface area is 147 Å². The molecule has 2 aliphatic rings. The van der Waals surface area contributed by atoms with E-state index in [-0.39, 0.29) is 30.3 Å². The fraction of sp³-hybridized carbons (Fsp3) is 0.500.